The van der Waals surface area contributed by atoms with Crippen LogP contribution in [0.3, 0.4) is 0 Å². The summed E-state index contributed by atoms with van der Waals surface area (Å²) < 4.78 is 13.6. The van der Waals surface area contributed by atoms with E-state index < -0.39 is 28.9 Å². The van der Waals surface area contributed by atoms with Crippen LogP contribution in [0.4, 0.5) is 4.79 Å². The van der Waals surface area contributed by atoms with Crippen LogP contribution < -0.4 is 11.2 Å². The average Bonchev–Trinajstić information content (AvgIpc) is 3.39. The van der Waals surface area contributed by atoms with Crippen LogP contribution in [0.1, 0.15) is 43.6 Å². The Morgan fingerprint density at radius 3 is 2.35 bits per heavy atom. The Hall–Kier alpha value is -4.15. The van der Waals surface area contributed by atoms with Crippen molar-refractivity contribution in [1.29, 1.82) is 0 Å². The Bertz CT molecular complexity index is 1700. The number of hydrogen-bond donors (Lipinski definition) is 0. The number of carbonyl (C=O) groups is 2. The lowest BCUT2D eigenvalue weighted by Crippen LogP contribution is -2.42. The Kier molecular flexibility index (Phi) is 8.32. The van der Waals surface area contributed by atoms with E-state index in [4.69, 9.17) is 32.7 Å². The van der Waals surface area contributed by atoms with Gasteiger partial charge in [0, 0.05) is 18.0 Å². The van der Waals surface area contributed by atoms with Crippen molar-refractivity contribution in [3.8, 4) is 16.9 Å². The van der Waals surface area contributed by atoms with E-state index in [0.717, 1.165) is 15.4 Å². The molecule has 0 spiro atoms. The second kappa shape index (κ2) is 11.5. The highest BCUT2D eigenvalue weighted by Crippen LogP contribution is 2.26. The summed E-state index contributed by atoms with van der Waals surface area (Å²) in [6, 6.07) is 13.1. The third-order valence-corrected chi connectivity index (χ3v) is 6.50. The lowest BCUT2D eigenvalue weighted by atomic mass is 10.1. The van der Waals surface area contributed by atoms with Crippen LogP contribution in [0.2, 0.25) is 10.0 Å². The first kappa shape index (κ1) is 28.8. The summed E-state index contributed by atoms with van der Waals surface area (Å²) >= 11 is 12.4. The van der Waals surface area contributed by atoms with Gasteiger partial charge in [-0.2, -0.15) is 9.78 Å². The van der Waals surface area contributed by atoms with Gasteiger partial charge in [-0.15, -0.1) is 0 Å². The van der Waals surface area contributed by atoms with Gasteiger partial charge in [-0.05, 0) is 57.5 Å². The molecule has 0 aliphatic rings. The van der Waals surface area contributed by atoms with E-state index in [1.54, 1.807) is 76.2 Å². The standard InChI is InChI=1S/C28H26Cl2N4O6/c1-5-39-25(36)20-16-32(26(37)33(24(20)35)15-18-7-6-8-21(29)23(18)30)19-11-9-17(10-12-19)22-13-14-34(31-22)27(38)40-28(2,3)4/h6-14,16H,5,15H2,1-4H3. The molecule has 0 atom stereocenters. The molecule has 0 bridgehead atoms. The van der Waals surface area contributed by atoms with Gasteiger partial charge in [-0.1, -0.05) is 47.5 Å². The van der Waals surface area contributed by atoms with Gasteiger partial charge < -0.3 is 9.47 Å². The van der Waals surface area contributed by atoms with Crippen molar-refractivity contribution in [2.24, 2.45) is 0 Å². The Labute approximate surface area is 239 Å². The zero-order chi connectivity index (χ0) is 29.2. The van der Waals surface area contributed by atoms with Gasteiger partial charge >= 0.3 is 17.8 Å². The highest BCUT2D eigenvalue weighted by Gasteiger charge is 2.21. The molecule has 0 aliphatic carbocycles. The van der Waals surface area contributed by atoms with Gasteiger partial charge in [0.1, 0.15) is 11.2 Å². The predicted octanol–water partition coefficient (Wildman–Crippen LogP) is 5.18. The van der Waals surface area contributed by atoms with E-state index in [9.17, 15) is 19.2 Å². The quantitative estimate of drug-likeness (QED) is 0.287. The average molecular weight is 585 g/mol. The minimum absolute atomic E-state index is 0.0438. The number of halogens is 2. The van der Waals surface area contributed by atoms with Crippen molar-refractivity contribution in [3.05, 3.63) is 103 Å². The molecule has 208 valence electrons. The smallest absolute Gasteiger partial charge is 0.435 e. The summed E-state index contributed by atoms with van der Waals surface area (Å²) in [7, 11) is 0. The third-order valence-electron chi connectivity index (χ3n) is 5.64. The minimum atomic E-state index is -0.864. The largest absolute Gasteiger partial charge is 0.462 e. The third kappa shape index (κ3) is 6.19. The van der Waals surface area contributed by atoms with Gasteiger partial charge in [-0.3, -0.25) is 13.9 Å². The molecule has 2 heterocycles. The second-order valence-electron chi connectivity index (χ2n) is 9.69. The van der Waals surface area contributed by atoms with Gasteiger partial charge in [0.25, 0.3) is 5.56 Å². The van der Waals surface area contributed by atoms with Crippen LogP contribution in [-0.2, 0) is 16.0 Å². The second-order valence-corrected chi connectivity index (χ2v) is 10.5. The maximum absolute atomic E-state index is 13.5. The van der Waals surface area contributed by atoms with E-state index in [-0.39, 0.29) is 28.8 Å². The molecule has 10 nitrogen and oxygen atoms in total. The molecule has 4 aromatic rings. The first-order valence-corrected chi connectivity index (χ1v) is 13.0. The van der Waals surface area contributed by atoms with Crippen LogP contribution in [0, 0.1) is 0 Å². The molecule has 2 aromatic carbocycles. The van der Waals surface area contributed by atoms with Crippen LogP contribution in [-0.4, -0.2) is 43.2 Å². The van der Waals surface area contributed by atoms with Crippen molar-refractivity contribution >= 4 is 35.3 Å². The van der Waals surface area contributed by atoms with Crippen molar-refractivity contribution in [2.75, 3.05) is 6.61 Å². The monoisotopic (exact) mass is 584 g/mol. The zero-order valence-electron chi connectivity index (χ0n) is 22.2. The predicted molar refractivity (Wildman–Crippen MR) is 151 cm³/mol. The summed E-state index contributed by atoms with van der Waals surface area (Å²) in [5.74, 6) is -0.864. The number of rotatable bonds is 6. The van der Waals surface area contributed by atoms with Crippen molar-refractivity contribution < 1.29 is 19.1 Å². The minimum Gasteiger partial charge on any atom is -0.462 e. The van der Waals surface area contributed by atoms with E-state index in [0.29, 0.717) is 22.5 Å². The summed E-state index contributed by atoms with van der Waals surface area (Å²) in [4.78, 5) is 51.6. The number of benzene rings is 2. The number of hydrogen-bond acceptors (Lipinski definition) is 7. The number of esters is 1. The summed E-state index contributed by atoms with van der Waals surface area (Å²) in [5, 5.41) is 4.73. The number of aromatic nitrogens is 4. The van der Waals surface area contributed by atoms with Gasteiger partial charge in [0.15, 0.2) is 0 Å². The molecular formula is C28H26Cl2N4O6. The summed E-state index contributed by atoms with van der Waals surface area (Å²) in [5.41, 5.74) is -0.555. The molecular weight excluding hydrogens is 559 g/mol. The SMILES string of the molecule is CCOC(=O)c1cn(-c2ccc(-c3ccn(C(=O)OC(C)(C)C)n3)cc2)c(=O)n(Cc2cccc(Cl)c2Cl)c1=O. The molecule has 0 aliphatic heterocycles. The fourth-order valence-electron chi connectivity index (χ4n) is 3.80. The topological polar surface area (TPSA) is 114 Å². The van der Waals surface area contributed by atoms with E-state index in [2.05, 4.69) is 5.10 Å². The Morgan fingerprint density at radius 1 is 1.00 bits per heavy atom. The van der Waals surface area contributed by atoms with Crippen LogP contribution >= 0.6 is 23.2 Å². The molecule has 0 fully saturated rings. The van der Waals surface area contributed by atoms with Crippen LogP contribution in [0.25, 0.3) is 16.9 Å². The highest BCUT2D eigenvalue weighted by molar-refractivity contribution is 6.42. The molecule has 0 saturated carbocycles. The van der Waals surface area contributed by atoms with Gasteiger partial charge in [-0.25, -0.2) is 14.4 Å². The first-order valence-electron chi connectivity index (χ1n) is 12.3. The first-order chi connectivity index (χ1) is 18.9. The van der Waals surface area contributed by atoms with Gasteiger partial charge in [0.2, 0.25) is 0 Å². The number of carbonyl (C=O) groups excluding carboxylic acids is 2. The normalized spacial score (nSPS) is 11.3. The Balaban J connectivity index is 1.74. The maximum Gasteiger partial charge on any atom is 0.435 e. The molecule has 12 heteroatoms. The molecule has 0 amide bonds. The van der Waals surface area contributed by atoms with Crippen molar-refractivity contribution in [1.82, 2.24) is 18.9 Å². The fraction of sp³-hybridized carbons (Fsp3) is 0.250. The maximum atomic E-state index is 13.5. The molecule has 0 saturated heterocycles. The molecule has 40 heavy (non-hydrogen) atoms. The lowest BCUT2D eigenvalue weighted by Gasteiger charge is -2.18. The fourth-order valence-corrected chi connectivity index (χ4v) is 4.18. The summed E-state index contributed by atoms with van der Waals surface area (Å²) in [6.07, 6.45) is 2.03. The highest BCUT2D eigenvalue weighted by atomic mass is 35.5. The van der Waals surface area contributed by atoms with E-state index in [1.807, 2.05) is 0 Å². The van der Waals surface area contributed by atoms with Crippen molar-refractivity contribution in [3.63, 3.8) is 0 Å². The zero-order valence-corrected chi connectivity index (χ0v) is 23.7. The molecule has 2 aromatic heterocycles. The molecule has 0 unspecified atom stereocenters. The van der Waals surface area contributed by atoms with E-state index >= 15 is 0 Å². The van der Waals surface area contributed by atoms with E-state index in [1.165, 1.54) is 10.8 Å². The Morgan fingerprint density at radius 2 is 1.70 bits per heavy atom. The number of nitrogens with zero attached hydrogens (tertiary/aromatic N) is 4. The van der Waals surface area contributed by atoms with Crippen LogP contribution in [0.15, 0.2) is 70.5 Å². The van der Waals surface area contributed by atoms with Crippen LogP contribution in [0.5, 0.6) is 0 Å². The lowest BCUT2D eigenvalue weighted by molar-refractivity contribution is 0.0507. The molecule has 4 rings (SSSR count). The number of ether oxygens (including phenoxy) is 2. The molecule has 0 N–H and O–H groups in total. The molecule has 0 radical (unpaired) electrons. The van der Waals surface area contributed by atoms with Crippen molar-refractivity contribution in [2.45, 2.75) is 39.8 Å². The summed E-state index contributed by atoms with van der Waals surface area (Å²) in [6.45, 7) is 6.72. The van der Waals surface area contributed by atoms with Gasteiger partial charge in [0.05, 0.1) is 34.6 Å².